The molecule has 1 atom stereocenters. The summed E-state index contributed by atoms with van der Waals surface area (Å²) in [4.78, 5) is 27.1. The monoisotopic (exact) mass is 613 g/mol. The summed E-state index contributed by atoms with van der Waals surface area (Å²) in [6.45, 7) is 9.43. The molecule has 0 saturated heterocycles. The maximum absolute atomic E-state index is 13.1. The van der Waals surface area contributed by atoms with Crippen LogP contribution in [0, 0.1) is 6.92 Å². The Bertz CT molecular complexity index is 1870. The third-order valence-electron chi connectivity index (χ3n) is 8.15. The minimum absolute atomic E-state index is 0.0505. The molecule has 6 rings (SSSR count). The van der Waals surface area contributed by atoms with Crippen molar-refractivity contribution < 1.29 is 34.0 Å². The van der Waals surface area contributed by atoms with Crippen LogP contribution in [0.2, 0.25) is 0 Å². The number of hydrogen-bond acceptors (Lipinski definition) is 8. The second-order valence-electron chi connectivity index (χ2n) is 12.4. The average molecular weight is 614 g/mol. The van der Waals surface area contributed by atoms with E-state index in [1.54, 1.807) is 40.2 Å². The highest BCUT2D eigenvalue weighted by Crippen LogP contribution is 2.41. The standard InChI is InChI=1S/C25H28O6.C11H11NO2/c1-24(2)9-8-16-20(30-24)7-6-14(23(16)29-5)11-18(26)17-10-15-12-22(28)25(3,4)31-21(15)13-19(17)27;1-7-6-10(13)12-11-8(7)4-3-5-9(11)14-2/h6-10,13,22,27-28H,11-12H2,1-5H3;3-6H,1-2H3,(H,12,13). The topological polar surface area (TPSA) is 127 Å². The lowest BCUT2D eigenvalue weighted by molar-refractivity contribution is -0.0412. The quantitative estimate of drug-likeness (QED) is 0.237. The van der Waals surface area contributed by atoms with Crippen molar-refractivity contribution in [1.29, 1.82) is 0 Å². The van der Waals surface area contributed by atoms with Crippen molar-refractivity contribution >= 4 is 22.8 Å². The van der Waals surface area contributed by atoms with E-state index in [1.165, 1.54) is 6.07 Å². The van der Waals surface area contributed by atoms with Gasteiger partial charge in [0.2, 0.25) is 5.56 Å². The fraction of sp³-hybridized carbons (Fsp3) is 0.333. The number of aliphatic hydroxyl groups excluding tert-OH is 1. The average Bonchev–Trinajstić information content (AvgIpc) is 2.97. The Morgan fingerprint density at radius 3 is 2.49 bits per heavy atom. The molecular weight excluding hydrogens is 574 g/mol. The number of Topliss-reactive ketones (excluding diaryl/α,β-unsaturated/α-hetero) is 1. The molecule has 2 aliphatic rings. The fourth-order valence-electron chi connectivity index (χ4n) is 5.61. The van der Waals surface area contributed by atoms with Gasteiger partial charge in [-0.2, -0.15) is 0 Å². The van der Waals surface area contributed by atoms with Gasteiger partial charge >= 0.3 is 0 Å². The Hall–Kier alpha value is -4.76. The van der Waals surface area contributed by atoms with E-state index in [2.05, 4.69) is 4.98 Å². The van der Waals surface area contributed by atoms with Crippen LogP contribution in [0.3, 0.4) is 0 Å². The molecule has 45 heavy (non-hydrogen) atoms. The first-order valence-corrected chi connectivity index (χ1v) is 14.7. The number of aromatic hydroxyl groups is 1. The number of rotatable bonds is 5. The number of aliphatic hydroxyl groups is 1. The molecule has 1 aromatic heterocycles. The lowest BCUT2D eigenvalue weighted by atomic mass is 9.89. The van der Waals surface area contributed by atoms with Crippen molar-refractivity contribution in [1.82, 2.24) is 4.98 Å². The molecule has 3 N–H and O–H groups in total. The van der Waals surface area contributed by atoms with E-state index in [0.29, 0.717) is 40.5 Å². The Labute approximate surface area is 262 Å². The lowest BCUT2D eigenvalue weighted by Crippen LogP contribution is -2.46. The number of aromatic nitrogens is 1. The summed E-state index contributed by atoms with van der Waals surface area (Å²) in [5.41, 5.74) is 2.85. The van der Waals surface area contributed by atoms with Crippen LogP contribution in [0.1, 0.15) is 60.3 Å². The molecule has 236 valence electrons. The highest BCUT2D eigenvalue weighted by molar-refractivity contribution is 6.01. The molecule has 0 aliphatic carbocycles. The normalized spacial score (nSPS) is 17.1. The second kappa shape index (κ2) is 12.0. The molecule has 0 bridgehead atoms. The van der Waals surface area contributed by atoms with Crippen molar-refractivity contribution in [2.75, 3.05) is 14.2 Å². The Morgan fingerprint density at radius 1 is 1.02 bits per heavy atom. The van der Waals surface area contributed by atoms with Gasteiger partial charge in [0, 0.05) is 35.9 Å². The van der Waals surface area contributed by atoms with Gasteiger partial charge in [-0.05, 0) is 76.1 Å². The first-order valence-electron chi connectivity index (χ1n) is 14.7. The molecule has 2 aliphatic heterocycles. The Morgan fingerprint density at radius 2 is 1.78 bits per heavy atom. The van der Waals surface area contributed by atoms with Crippen LogP contribution in [-0.4, -0.2) is 52.5 Å². The Balaban J connectivity index is 0.000000238. The van der Waals surface area contributed by atoms with Gasteiger partial charge < -0.3 is 34.1 Å². The van der Waals surface area contributed by atoms with Gasteiger partial charge in [0.25, 0.3) is 0 Å². The number of carbonyl (C=O) groups excluding carboxylic acids is 1. The van der Waals surface area contributed by atoms with Crippen LogP contribution in [0.4, 0.5) is 0 Å². The zero-order chi connectivity index (χ0) is 32.7. The summed E-state index contributed by atoms with van der Waals surface area (Å²) in [5.74, 6) is 2.07. The minimum Gasteiger partial charge on any atom is -0.507 e. The number of ketones is 1. The first-order chi connectivity index (χ1) is 21.2. The van der Waals surface area contributed by atoms with Crippen molar-refractivity contribution in [3.05, 3.63) is 92.8 Å². The van der Waals surface area contributed by atoms with Gasteiger partial charge in [0.05, 0.1) is 37.0 Å². The number of fused-ring (bicyclic) bond motifs is 3. The van der Waals surface area contributed by atoms with Crippen molar-refractivity contribution in [2.24, 2.45) is 0 Å². The summed E-state index contributed by atoms with van der Waals surface area (Å²) in [5, 5.41) is 21.8. The highest BCUT2D eigenvalue weighted by Gasteiger charge is 2.36. The molecule has 0 saturated carbocycles. The molecule has 3 heterocycles. The third-order valence-corrected chi connectivity index (χ3v) is 8.15. The first kappa shape index (κ1) is 31.7. The van der Waals surface area contributed by atoms with Crippen LogP contribution in [0.15, 0.2) is 59.4 Å². The van der Waals surface area contributed by atoms with Crippen LogP contribution < -0.4 is 24.5 Å². The van der Waals surface area contributed by atoms with Crippen LogP contribution in [0.5, 0.6) is 28.7 Å². The Kier molecular flexibility index (Phi) is 8.42. The second-order valence-corrected chi connectivity index (χ2v) is 12.4. The molecule has 9 nitrogen and oxygen atoms in total. The van der Waals surface area contributed by atoms with Crippen LogP contribution >= 0.6 is 0 Å². The molecule has 0 fully saturated rings. The molecule has 0 spiro atoms. The molecule has 0 amide bonds. The number of hydrogen-bond donors (Lipinski definition) is 3. The summed E-state index contributed by atoms with van der Waals surface area (Å²) in [7, 11) is 3.16. The number of methoxy groups -OCH3 is 2. The van der Waals surface area contributed by atoms with E-state index in [1.807, 2.05) is 63.3 Å². The molecule has 0 radical (unpaired) electrons. The molecule has 4 aromatic rings. The maximum atomic E-state index is 13.1. The fourth-order valence-corrected chi connectivity index (χ4v) is 5.61. The van der Waals surface area contributed by atoms with Gasteiger partial charge in [-0.1, -0.05) is 18.2 Å². The molecule has 3 aromatic carbocycles. The van der Waals surface area contributed by atoms with Gasteiger partial charge in [-0.25, -0.2) is 0 Å². The predicted octanol–water partition coefficient (Wildman–Crippen LogP) is 5.93. The summed E-state index contributed by atoms with van der Waals surface area (Å²) >= 11 is 0. The summed E-state index contributed by atoms with van der Waals surface area (Å²) < 4.78 is 22.6. The van der Waals surface area contributed by atoms with Crippen molar-refractivity contribution in [3.8, 4) is 28.7 Å². The third kappa shape index (κ3) is 6.40. The van der Waals surface area contributed by atoms with Gasteiger partial charge in [-0.15, -0.1) is 0 Å². The predicted molar refractivity (Wildman–Crippen MR) is 173 cm³/mol. The van der Waals surface area contributed by atoms with Crippen molar-refractivity contribution in [2.45, 2.75) is 64.8 Å². The van der Waals surface area contributed by atoms with E-state index in [9.17, 15) is 19.8 Å². The maximum Gasteiger partial charge on any atom is 0.248 e. The SMILES string of the molecule is COc1c(CC(=O)c2cc3c(cc2O)OC(C)(C)C(O)C3)ccc2c1C=CC(C)(C)O2.COc1cccc2c(C)cc(=O)[nH]c12. The lowest BCUT2D eigenvalue weighted by Gasteiger charge is -2.37. The molecular formula is C36H39NO8. The smallest absolute Gasteiger partial charge is 0.248 e. The van der Waals surface area contributed by atoms with Gasteiger partial charge in [0.1, 0.15) is 39.9 Å². The number of pyridine rings is 1. The highest BCUT2D eigenvalue weighted by atomic mass is 16.5. The van der Waals surface area contributed by atoms with Crippen molar-refractivity contribution in [3.63, 3.8) is 0 Å². The van der Waals surface area contributed by atoms with E-state index in [4.69, 9.17) is 18.9 Å². The number of benzene rings is 3. The van der Waals surface area contributed by atoms with Gasteiger partial charge in [0.15, 0.2) is 5.78 Å². The molecule has 9 heteroatoms. The number of para-hydroxylation sites is 1. The zero-order valence-corrected chi connectivity index (χ0v) is 26.6. The number of carbonyl (C=O) groups is 1. The summed E-state index contributed by atoms with van der Waals surface area (Å²) in [6, 6.07) is 14.0. The van der Waals surface area contributed by atoms with E-state index in [-0.39, 0.29) is 29.1 Å². The summed E-state index contributed by atoms with van der Waals surface area (Å²) in [6.07, 6.45) is 3.59. The zero-order valence-electron chi connectivity index (χ0n) is 26.6. The largest absolute Gasteiger partial charge is 0.507 e. The number of phenolic OH excluding ortho intramolecular Hbond substituents is 1. The van der Waals surface area contributed by atoms with Crippen LogP contribution in [-0.2, 0) is 12.8 Å². The number of phenols is 1. The minimum atomic E-state index is -0.758. The number of H-pyrrole nitrogens is 1. The van der Waals surface area contributed by atoms with E-state index >= 15 is 0 Å². The number of aryl methyl sites for hydroxylation is 1. The van der Waals surface area contributed by atoms with Gasteiger partial charge in [-0.3, -0.25) is 9.59 Å². The van der Waals surface area contributed by atoms with E-state index < -0.39 is 17.3 Å². The number of aromatic amines is 1. The number of ether oxygens (including phenoxy) is 4. The van der Waals surface area contributed by atoms with E-state index in [0.717, 1.165) is 22.0 Å². The number of nitrogens with one attached hydrogen (secondary N) is 1. The molecule has 1 unspecified atom stereocenters. The van der Waals surface area contributed by atoms with Crippen LogP contribution in [0.25, 0.3) is 17.0 Å².